The summed E-state index contributed by atoms with van der Waals surface area (Å²) in [5, 5.41) is 10.6. The third-order valence-electron chi connectivity index (χ3n) is 5.14. The minimum absolute atomic E-state index is 0.219. The van der Waals surface area contributed by atoms with Crippen molar-refractivity contribution in [2.24, 2.45) is 7.05 Å². The van der Waals surface area contributed by atoms with Crippen LogP contribution in [-0.2, 0) is 13.6 Å². The fraction of sp³-hybridized carbons (Fsp3) is 0.429. The lowest BCUT2D eigenvalue weighted by atomic mass is 10.2. The molecular weight excluding hydrogens is 386 g/mol. The van der Waals surface area contributed by atoms with E-state index in [-0.39, 0.29) is 5.92 Å². The van der Waals surface area contributed by atoms with Gasteiger partial charge >= 0.3 is 0 Å². The van der Waals surface area contributed by atoms with Crippen molar-refractivity contribution >= 4 is 34.1 Å². The van der Waals surface area contributed by atoms with Crippen LogP contribution in [0.3, 0.4) is 0 Å². The summed E-state index contributed by atoms with van der Waals surface area (Å²) in [5.41, 5.74) is 1.63. The smallest absolute Gasteiger partial charge is 0.213 e. The number of rotatable bonds is 7. The number of aryl methyl sites for hydroxylation is 1. The van der Waals surface area contributed by atoms with Crippen LogP contribution in [0, 0.1) is 0 Å². The molecule has 0 unspecified atom stereocenters. The maximum absolute atomic E-state index is 6.27. The second-order valence-corrected chi connectivity index (χ2v) is 8.11. The molecule has 152 valence electrons. The van der Waals surface area contributed by atoms with Crippen LogP contribution in [0.2, 0.25) is 5.02 Å². The minimum atomic E-state index is 0.219. The van der Waals surface area contributed by atoms with E-state index in [0.717, 1.165) is 53.5 Å². The molecule has 8 heteroatoms. The number of anilines is 1. The summed E-state index contributed by atoms with van der Waals surface area (Å²) in [6.45, 7) is 7.98. The summed E-state index contributed by atoms with van der Waals surface area (Å²) in [7, 11) is 2.02. The topological polar surface area (TPSA) is 64.1 Å². The van der Waals surface area contributed by atoms with E-state index in [1.165, 1.54) is 0 Å². The van der Waals surface area contributed by atoms with Gasteiger partial charge in [-0.15, -0.1) is 10.2 Å². The second-order valence-electron chi connectivity index (χ2n) is 7.67. The first-order valence-corrected chi connectivity index (χ1v) is 10.4. The quantitative estimate of drug-likeness (QED) is 0.445. The number of aromatic nitrogens is 6. The monoisotopic (exact) mass is 411 g/mol. The third-order valence-corrected chi connectivity index (χ3v) is 5.38. The van der Waals surface area contributed by atoms with Crippen LogP contribution < -0.4 is 4.90 Å². The Balaban J connectivity index is 1.95. The highest BCUT2D eigenvalue weighted by Crippen LogP contribution is 2.29. The lowest BCUT2D eigenvalue weighted by molar-refractivity contribution is 0.651. The first kappa shape index (κ1) is 19.6. The molecule has 0 fully saturated rings. The lowest BCUT2D eigenvalue weighted by Crippen LogP contribution is -2.29. The Kier molecular flexibility index (Phi) is 5.41. The van der Waals surface area contributed by atoms with Gasteiger partial charge in [0.2, 0.25) is 5.95 Å². The van der Waals surface area contributed by atoms with Crippen molar-refractivity contribution in [3.8, 4) is 0 Å². The largest absolute Gasteiger partial charge is 0.337 e. The van der Waals surface area contributed by atoms with Crippen molar-refractivity contribution in [2.45, 2.75) is 46.1 Å². The molecule has 0 saturated carbocycles. The van der Waals surface area contributed by atoms with Gasteiger partial charge in [0.15, 0.2) is 5.65 Å². The summed E-state index contributed by atoms with van der Waals surface area (Å²) >= 11 is 6.27. The molecule has 0 N–H and O–H groups in total. The third kappa shape index (κ3) is 3.67. The summed E-state index contributed by atoms with van der Waals surface area (Å²) < 4.78 is 4.14. The van der Waals surface area contributed by atoms with Crippen LogP contribution in [0.4, 0.5) is 5.95 Å². The summed E-state index contributed by atoms with van der Waals surface area (Å²) in [6, 6.07) is 5.73. The molecule has 0 bridgehead atoms. The lowest BCUT2D eigenvalue weighted by Gasteiger charge is -2.25. The van der Waals surface area contributed by atoms with E-state index in [0.29, 0.717) is 11.6 Å². The molecule has 29 heavy (non-hydrogen) atoms. The van der Waals surface area contributed by atoms with Crippen molar-refractivity contribution in [1.82, 2.24) is 29.1 Å². The zero-order valence-electron chi connectivity index (χ0n) is 17.3. The summed E-state index contributed by atoms with van der Waals surface area (Å²) in [4.78, 5) is 11.8. The Morgan fingerprint density at radius 1 is 1.21 bits per heavy atom. The average Bonchev–Trinajstić information content (AvgIpc) is 3.31. The molecule has 3 heterocycles. The molecule has 0 saturated heterocycles. The van der Waals surface area contributed by atoms with Gasteiger partial charge in [-0.3, -0.25) is 0 Å². The highest BCUT2D eigenvalue weighted by atomic mass is 35.5. The van der Waals surface area contributed by atoms with E-state index >= 15 is 0 Å². The van der Waals surface area contributed by atoms with Crippen LogP contribution in [-0.4, -0.2) is 35.7 Å². The van der Waals surface area contributed by atoms with E-state index in [2.05, 4.69) is 45.3 Å². The molecule has 0 amide bonds. The molecule has 0 atom stereocenters. The molecule has 0 spiro atoms. The van der Waals surface area contributed by atoms with Gasteiger partial charge in [0.05, 0.1) is 12.1 Å². The Labute approximate surface area is 175 Å². The van der Waals surface area contributed by atoms with Crippen molar-refractivity contribution in [2.75, 3.05) is 11.4 Å². The molecule has 7 nitrogen and oxygen atoms in total. The Morgan fingerprint density at radius 3 is 2.72 bits per heavy atom. The molecule has 1 aromatic carbocycles. The molecule has 0 radical (unpaired) electrons. The number of hydrogen-bond acceptors (Lipinski definition) is 5. The fourth-order valence-corrected chi connectivity index (χ4v) is 3.68. The molecule has 0 aliphatic heterocycles. The number of imidazole rings is 1. The maximum Gasteiger partial charge on any atom is 0.213 e. The van der Waals surface area contributed by atoms with Gasteiger partial charge in [-0.25, -0.2) is 14.4 Å². The number of nitrogens with zero attached hydrogens (tertiary/aromatic N) is 7. The zero-order valence-corrected chi connectivity index (χ0v) is 18.1. The van der Waals surface area contributed by atoms with Crippen LogP contribution in [0.5, 0.6) is 0 Å². The van der Waals surface area contributed by atoms with Crippen molar-refractivity contribution in [3.63, 3.8) is 0 Å². The van der Waals surface area contributed by atoms with Crippen molar-refractivity contribution < 1.29 is 0 Å². The van der Waals surface area contributed by atoms with Gasteiger partial charge < -0.3 is 9.47 Å². The molecule has 4 rings (SSSR count). The number of benzene rings is 1. The standard InChI is InChI=1S/C21H26ClN7/c1-5-6-10-28(13-18-23-9-11-27(18)4)21-24-17-12-15(22)7-8-16(17)20-26-25-19(14(2)3)29(20)21/h7-9,11-12,14H,5-6,10,13H2,1-4H3. The summed E-state index contributed by atoms with van der Waals surface area (Å²) in [5.74, 6) is 2.94. The maximum atomic E-state index is 6.27. The molecule has 3 aromatic heterocycles. The first-order chi connectivity index (χ1) is 14.0. The second kappa shape index (κ2) is 7.99. The number of unbranched alkanes of at least 4 members (excludes halogenated alkanes) is 1. The first-order valence-electron chi connectivity index (χ1n) is 10.0. The molecule has 0 aliphatic rings. The van der Waals surface area contributed by atoms with Gasteiger partial charge in [0.25, 0.3) is 0 Å². The molecular formula is C21H26ClN7. The summed E-state index contributed by atoms with van der Waals surface area (Å²) in [6.07, 6.45) is 5.95. The Morgan fingerprint density at radius 2 is 2.03 bits per heavy atom. The minimum Gasteiger partial charge on any atom is -0.337 e. The predicted octanol–water partition coefficient (Wildman–Crippen LogP) is 4.59. The van der Waals surface area contributed by atoms with Crippen LogP contribution in [0.15, 0.2) is 30.6 Å². The zero-order chi connectivity index (χ0) is 20.5. The Bertz CT molecular complexity index is 1140. The Hall–Kier alpha value is -2.67. The number of halogens is 1. The predicted molar refractivity (Wildman–Crippen MR) is 117 cm³/mol. The van der Waals surface area contributed by atoms with Gasteiger partial charge in [-0.2, -0.15) is 0 Å². The SMILES string of the molecule is CCCCN(Cc1nccn1C)c1nc2cc(Cl)ccc2c2nnc(C(C)C)n12. The fourth-order valence-electron chi connectivity index (χ4n) is 3.52. The van der Waals surface area contributed by atoms with E-state index in [9.17, 15) is 0 Å². The normalized spacial score (nSPS) is 11.8. The van der Waals surface area contributed by atoms with Crippen LogP contribution in [0.1, 0.15) is 51.2 Å². The van der Waals surface area contributed by atoms with Crippen molar-refractivity contribution in [1.29, 1.82) is 0 Å². The molecule has 0 aliphatic carbocycles. The van der Waals surface area contributed by atoms with Gasteiger partial charge in [0.1, 0.15) is 11.6 Å². The highest BCUT2D eigenvalue weighted by molar-refractivity contribution is 6.31. The van der Waals surface area contributed by atoms with E-state index in [1.807, 2.05) is 42.2 Å². The van der Waals surface area contributed by atoms with Crippen LogP contribution in [0.25, 0.3) is 16.6 Å². The van der Waals surface area contributed by atoms with Crippen molar-refractivity contribution in [3.05, 3.63) is 47.3 Å². The molecule has 4 aromatic rings. The van der Waals surface area contributed by atoms with E-state index in [1.54, 1.807) is 0 Å². The van der Waals surface area contributed by atoms with Gasteiger partial charge in [-0.1, -0.05) is 38.8 Å². The average molecular weight is 412 g/mol. The van der Waals surface area contributed by atoms with E-state index < -0.39 is 0 Å². The number of hydrogen-bond donors (Lipinski definition) is 0. The van der Waals surface area contributed by atoms with Crippen LogP contribution >= 0.6 is 11.6 Å². The van der Waals surface area contributed by atoms with E-state index in [4.69, 9.17) is 16.6 Å². The number of fused-ring (bicyclic) bond motifs is 3. The highest BCUT2D eigenvalue weighted by Gasteiger charge is 2.22. The van der Waals surface area contributed by atoms with Gasteiger partial charge in [-0.05, 0) is 24.6 Å². The van der Waals surface area contributed by atoms with Gasteiger partial charge in [0, 0.05) is 42.3 Å².